The van der Waals surface area contributed by atoms with Crippen molar-refractivity contribution in [1.82, 2.24) is 15.1 Å². The molecule has 2 saturated heterocycles. The Labute approximate surface area is 155 Å². The fraction of sp³-hybridized carbons (Fsp3) is 0.529. The maximum absolute atomic E-state index is 13.6. The molecule has 1 atom stereocenters. The standard InChI is InChI=1S/C17H20F3N3O2.ClH/c18-13-4-2-1-3-12(13)9-15(24)22-5-7-23(8-6-22)16(25)14-10-17(19,20)11-21-14;/h1-4,14,21H,5-11H2;1H. The summed E-state index contributed by atoms with van der Waals surface area (Å²) in [6.07, 6.45) is -0.519. The lowest BCUT2D eigenvalue weighted by Crippen LogP contribution is -2.54. The summed E-state index contributed by atoms with van der Waals surface area (Å²) < 4.78 is 40.1. The SMILES string of the molecule is Cl.O=C(Cc1ccccc1F)N1CCN(C(=O)C2CC(F)(F)CN2)CC1. The highest BCUT2D eigenvalue weighted by Gasteiger charge is 2.43. The van der Waals surface area contributed by atoms with Crippen LogP contribution in [0.15, 0.2) is 24.3 Å². The molecule has 2 amide bonds. The third-order valence-corrected chi connectivity index (χ3v) is 4.65. The molecular weight excluding hydrogens is 371 g/mol. The van der Waals surface area contributed by atoms with Gasteiger partial charge < -0.3 is 9.80 Å². The van der Waals surface area contributed by atoms with Crippen LogP contribution in [0.25, 0.3) is 0 Å². The van der Waals surface area contributed by atoms with Gasteiger partial charge in [0.15, 0.2) is 0 Å². The van der Waals surface area contributed by atoms with Crippen LogP contribution in [0.1, 0.15) is 12.0 Å². The number of halogens is 4. The van der Waals surface area contributed by atoms with E-state index in [0.29, 0.717) is 31.7 Å². The second-order valence-electron chi connectivity index (χ2n) is 6.47. The number of benzene rings is 1. The number of hydrogen-bond donors (Lipinski definition) is 1. The average molecular weight is 392 g/mol. The third-order valence-electron chi connectivity index (χ3n) is 4.65. The van der Waals surface area contributed by atoms with E-state index in [2.05, 4.69) is 5.32 Å². The smallest absolute Gasteiger partial charge is 0.262 e. The van der Waals surface area contributed by atoms with Crippen LogP contribution >= 0.6 is 12.4 Å². The van der Waals surface area contributed by atoms with Gasteiger partial charge in [0.2, 0.25) is 11.8 Å². The van der Waals surface area contributed by atoms with E-state index in [9.17, 15) is 22.8 Å². The number of piperazine rings is 1. The van der Waals surface area contributed by atoms with Crippen molar-refractivity contribution in [2.24, 2.45) is 0 Å². The number of alkyl halides is 2. The first-order valence-electron chi connectivity index (χ1n) is 8.27. The van der Waals surface area contributed by atoms with Crippen molar-refractivity contribution < 1.29 is 22.8 Å². The molecule has 1 unspecified atom stereocenters. The molecule has 0 spiro atoms. The zero-order valence-electron chi connectivity index (χ0n) is 14.1. The molecule has 144 valence electrons. The first-order valence-corrected chi connectivity index (χ1v) is 8.27. The average Bonchev–Trinajstić information content (AvgIpc) is 2.96. The molecule has 0 saturated carbocycles. The van der Waals surface area contributed by atoms with Crippen LogP contribution in [-0.2, 0) is 16.0 Å². The normalized spacial score (nSPS) is 22.0. The minimum absolute atomic E-state index is 0. The van der Waals surface area contributed by atoms with Crippen LogP contribution in [0.2, 0.25) is 0 Å². The van der Waals surface area contributed by atoms with Crippen LogP contribution < -0.4 is 5.32 Å². The molecule has 26 heavy (non-hydrogen) atoms. The van der Waals surface area contributed by atoms with Crippen molar-refractivity contribution >= 4 is 24.2 Å². The first kappa shape index (κ1) is 20.5. The molecule has 2 aliphatic heterocycles. The molecule has 2 heterocycles. The quantitative estimate of drug-likeness (QED) is 0.848. The Balaban J connectivity index is 0.00000243. The number of rotatable bonds is 3. The van der Waals surface area contributed by atoms with Gasteiger partial charge >= 0.3 is 0 Å². The first-order chi connectivity index (χ1) is 11.9. The molecule has 1 aromatic carbocycles. The lowest BCUT2D eigenvalue weighted by molar-refractivity contribution is -0.140. The summed E-state index contributed by atoms with van der Waals surface area (Å²) in [5.74, 6) is -3.82. The molecular formula is C17H21ClF3N3O2. The van der Waals surface area contributed by atoms with Crippen LogP contribution in [0, 0.1) is 5.82 Å². The summed E-state index contributed by atoms with van der Waals surface area (Å²) in [6, 6.07) is 5.25. The van der Waals surface area contributed by atoms with Gasteiger partial charge in [-0.25, -0.2) is 13.2 Å². The van der Waals surface area contributed by atoms with E-state index in [1.165, 1.54) is 11.0 Å². The van der Waals surface area contributed by atoms with Gasteiger partial charge in [0.25, 0.3) is 5.92 Å². The molecule has 1 N–H and O–H groups in total. The number of carbonyl (C=O) groups excluding carboxylic acids is 2. The van der Waals surface area contributed by atoms with E-state index in [-0.39, 0.29) is 30.6 Å². The van der Waals surface area contributed by atoms with E-state index >= 15 is 0 Å². The molecule has 9 heteroatoms. The highest BCUT2D eigenvalue weighted by molar-refractivity contribution is 5.85. The summed E-state index contributed by atoms with van der Waals surface area (Å²) >= 11 is 0. The van der Waals surface area contributed by atoms with Gasteiger partial charge in [0.05, 0.1) is 19.0 Å². The third kappa shape index (κ3) is 4.67. The highest BCUT2D eigenvalue weighted by Crippen LogP contribution is 2.26. The predicted molar refractivity (Wildman–Crippen MR) is 91.9 cm³/mol. The summed E-state index contributed by atoms with van der Waals surface area (Å²) in [4.78, 5) is 27.6. The lowest BCUT2D eigenvalue weighted by atomic mass is 10.1. The van der Waals surface area contributed by atoms with E-state index in [1.54, 1.807) is 23.1 Å². The molecule has 0 aromatic heterocycles. The summed E-state index contributed by atoms with van der Waals surface area (Å²) in [7, 11) is 0. The van der Waals surface area contributed by atoms with Gasteiger partial charge in [-0.2, -0.15) is 0 Å². The van der Waals surface area contributed by atoms with E-state index in [4.69, 9.17) is 0 Å². The fourth-order valence-electron chi connectivity index (χ4n) is 3.20. The minimum atomic E-state index is -2.85. The number of hydrogen-bond acceptors (Lipinski definition) is 3. The summed E-state index contributed by atoms with van der Waals surface area (Å²) in [5, 5.41) is 2.55. The Morgan fingerprint density at radius 1 is 1.12 bits per heavy atom. The Morgan fingerprint density at radius 3 is 2.31 bits per heavy atom. The molecule has 2 fully saturated rings. The largest absolute Gasteiger partial charge is 0.339 e. The lowest BCUT2D eigenvalue weighted by Gasteiger charge is -2.36. The monoisotopic (exact) mass is 391 g/mol. The maximum atomic E-state index is 13.6. The number of nitrogens with one attached hydrogen (secondary N) is 1. The van der Waals surface area contributed by atoms with Crippen molar-refractivity contribution in [2.45, 2.75) is 24.8 Å². The molecule has 3 rings (SSSR count). The van der Waals surface area contributed by atoms with Crippen molar-refractivity contribution in [1.29, 1.82) is 0 Å². The van der Waals surface area contributed by atoms with Crippen molar-refractivity contribution in [3.05, 3.63) is 35.6 Å². The van der Waals surface area contributed by atoms with Crippen LogP contribution in [0.4, 0.5) is 13.2 Å². The van der Waals surface area contributed by atoms with Crippen molar-refractivity contribution in [3.8, 4) is 0 Å². The number of carbonyl (C=O) groups is 2. The van der Waals surface area contributed by atoms with Gasteiger partial charge in [-0.3, -0.25) is 14.9 Å². The number of amides is 2. The number of nitrogens with zero attached hydrogens (tertiary/aromatic N) is 2. The minimum Gasteiger partial charge on any atom is -0.339 e. The van der Waals surface area contributed by atoms with E-state index in [1.807, 2.05) is 0 Å². The van der Waals surface area contributed by atoms with E-state index in [0.717, 1.165) is 0 Å². The molecule has 0 aliphatic carbocycles. The molecule has 5 nitrogen and oxygen atoms in total. The van der Waals surface area contributed by atoms with Crippen LogP contribution in [-0.4, -0.2) is 66.3 Å². The second-order valence-corrected chi connectivity index (χ2v) is 6.47. The van der Waals surface area contributed by atoms with Gasteiger partial charge in [0.1, 0.15) is 5.82 Å². The summed E-state index contributed by atoms with van der Waals surface area (Å²) in [6.45, 7) is 0.756. The van der Waals surface area contributed by atoms with Crippen molar-refractivity contribution in [2.75, 3.05) is 32.7 Å². The Morgan fingerprint density at radius 2 is 1.73 bits per heavy atom. The molecule has 0 radical (unpaired) electrons. The van der Waals surface area contributed by atoms with Crippen LogP contribution in [0.5, 0.6) is 0 Å². The van der Waals surface area contributed by atoms with Crippen LogP contribution in [0.3, 0.4) is 0 Å². The maximum Gasteiger partial charge on any atom is 0.262 e. The van der Waals surface area contributed by atoms with Crippen molar-refractivity contribution in [3.63, 3.8) is 0 Å². The topological polar surface area (TPSA) is 52.7 Å². The van der Waals surface area contributed by atoms with Gasteiger partial charge in [0, 0.05) is 32.6 Å². The second kappa shape index (κ2) is 8.26. The van der Waals surface area contributed by atoms with Gasteiger partial charge in [-0.15, -0.1) is 12.4 Å². The Bertz CT molecular complexity index is 666. The fourth-order valence-corrected chi connectivity index (χ4v) is 3.20. The predicted octanol–water partition coefficient (Wildman–Crippen LogP) is 1.46. The van der Waals surface area contributed by atoms with Gasteiger partial charge in [-0.05, 0) is 11.6 Å². The zero-order chi connectivity index (χ0) is 18.0. The molecule has 1 aromatic rings. The Kier molecular flexibility index (Phi) is 6.52. The van der Waals surface area contributed by atoms with Gasteiger partial charge in [-0.1, -0.05) is 18.2 Å². The summed E-state index contributed by atoms with van der Waals surface area (Å²) in [5.41, 5.74) is 0.336. The zero-order valence-corrected chi connectivity index (χ0v) is 14.9. The Hall–Kier alpha value is -1.80. The highest BCUT2D eigenvalue weighted by atomic mass is 35.5. The molecule has 0 bridgehead atoms. The molecule has 2 aliphatic rings. The van der Waals surface area contributed by atoms with E-state index < -0.39 is 30.7 Å².